The molecule has 0 radical (unpaired) electrons. The molecule has 190 valence electrons. The van der Waals surface area contributed by atoms with E-state index in [1.54, 1.807) is 19.1 Å². The maximum atomic E-state index is 13.7. The molecule has 9 heteroatoms. The van der Waals surface area contributed by atoms with E-state index in [2.05, 4.69) is 14.1 Å². The molecule has 1 saturated carbocycles. The molecule has 1 unspecified atom stereocenters. The zero-order valence-corrected chi connectivity index (χ0v) is 21.5. The maximum absolute atomic E-state index is 13.7. The lowest BCUT2D eigenvalue weighted by molar-refractivity contribution is -0.126. The van der Waals surface area contributed by atoms with Gasteiger partial charge in [-0.25, -0.2) is 0 Å². The Bertz CT molecular complexity index is 1130. The Kier molecular flexibility index (Phi) is 8.89. The molecule has 2 aromatic carbocycles. The van der Waals surface area contributed by atoms with Gasteiger partial charge in [-0.15, -0.1) is 0 Å². The van der Waals surface area contributed by atoms with E-state index in [4.69, 9.17) is 9.47 Å². The maximum Gasteiger partial charge on any atom is 0.276 e. The molecule has 1 aromatic heterocycles. The number of rotatable bonds is 10. The predicted octanol–water partition coefficient (Wildman–Crippen LogP) is 4.43. The molecule has 36 heavy (non-hydrogen) atoms. The van der Waals surface area contributed by atoms with Crippen molar-refractivity contribution >= 4 is 23.5 Å². The largest absolute Gasteiger partial charge is 0.493 e. The fourth-order valence-electron chi connectivity index (χ4n) is 4.67. The molecule has 0 bridgehead atoms. The van der Waals surface area contributed by atoms with Crippen molar-refractivity contribution in [2.75, 3.05) is 20.8 Å². The van der Waals surface area contributed by atoms with Crippen LogP contribution in [-0.2, 0) is 11.2 Å². The van der Waals surface area contributed by atoms with E-state index < -0.39 is 6.04 Å². The van der Waals surface area contributed by atoms with Crippen molar-refractivity contribution in [2.24, 2.45) is 0 Å². The first-order valence-corrected chi connectivity index (χ1v) is 13.0. The number of methoxy groups -OCH3 is 2. The number of hydrogen-bond donors (Lipinski definition) is 1. The van der Waals surface area contributed by atoms with Gasteiger partial charge in [-0.3, -0.25) is 9.59 Å². The number of nitrogens with one attached hydrogen (secondary N) is 1. The van der Waals surface area contributed by atoms with Crippen molar-refractivity contribution in [3.63, 3.8) is 0 Å². The summed E-state index contributed by atoms with van der Waals surface area (Å²) in [6, 6.07) is 14.5. The molecule has 4 rings (SSSR count). The van der Waals surface area contributed by atoms with E-state index in [-0.39, 0.29) is 23.6 Å². The summed E-state index contributed by atoms with van der Waals surface area (Å²) in [4.78, 5) is 29.0. The van der Waals surface area contributed by atoms with Gasteiger partial charge in [0.2, 0.25) is 5.91 Å². The Hall–Kier alpha value is -3.46. The number of aromatic nitrogens is 2. The molecule has 2 amide bonds. The normalized spacial score (nSPS) is 14.6. The van der Waals surface area contributed by atoms with Crippen LogP contribution in [-0.4, -0.2) is 52.3 Å². The first-order chi connectivity index (χ1) is 17.6. The molecule has 1 atom stereocenters. The minimum atomic E-state index is -0.789. The first-order valence-electron chi connectivity index (χ1n) is 12.3. The average molecular weight is 509 g/mol. The zero-order valence-electron chi connectivity index (χ0n) is 20.7. The fourth-order valence-corrected chi connectivity index (χ4v) is 5.08. The number of carbonyl (C=O) groups is 2. The van der Waals surface area contributed by atoms with E-state index >= 15 is 0 Å². The Morgan fingerprint density at radius 2 is 1.81 bits per heavy atom. The third kappa shape index (κ3) is 6.20. The van der Waals surface area contributed by atoms with Crippen LogP contribution in [0.15, 0.2) is 54.7 Å². The van der Waals surface area contributed by atoms with Gasteiger partial charge in [0, 0.05) is 12.6 Å². The topological polar surface area (TPSA) is 93.7 Å². The summed E-state index contributed by atoms with van der Waals surface area (Å²) in [6.45, 7) is 0.309. The highest BCUT2D eigenvalue weighted by molar-refractivity contribution is 6.99. The molecule has 1 heterocycles. The van der Waals surface area contributed by atoms with Gasteiger partial charge in [-0.1, -0.05) is 55.7 Å². The molecule has 1 fully saturated rings. The number of hydrogen-bond acceptors (Lipinski definition) is 7. The number of benzene rings is 2. The molecule has 1 aliphatic rings. The molecule has 8 nitrogen and oxygen atoms in total. The Balaban J connectivity index is 1.65. The number of amides is 2. The number of carbonyl (C=O) groups excluding carboxylic acids is 2. The van der Waals surface area contributed by atoms with Crippen LogP contribution in [0.1, 0.15) is 59.8 Å². The smallest absolute Gasteiger partial charge is 0.276 e. The predicted molar refractivity (Wildman–Crippen MR) is 138 cm³/mol. The van der Waals surface area contributed by atoms with Crippen LogP contribution in [0.5, 0.6) is 11.5 Å². The lowest BCUT2D eigenvalue weighted by Crippen LogP contribution is -2.47. The SMILES string of the molecule is COc1ccc(CCN(C(=O)c2cnsn2)C(C(=O)NC2CCCCC2)c2ccccc2)cc1OC. The highest BCUT2D eigenvalue weighted by Crippen LogP contribution is 2.29. The van der Waals surface area contributed by atoms with Gasteiger partial charge < -0.3 is 19.7 Å². The summed E-state index contributed by atoms with van der Waals surface area (Å²) < 4.78 is 19.0. The summed E-state index contributed by atoms with van der Waals surface area (Å²) in [5.41, 5.74) is 1.95. The molecule has 3 aromatic rings. The van der Waals surface area contributed by atoms with Crippen molar-refractivity contribution in [1.29, 1.82) is 0 Å². The van der Waals surface area contributed by atoms with Gasteiger partial charge in [-0.2, -0.15) is 8.75 Å². The van der Waals surface area contributed by atoms with Gasteiger partial charge in [-0.05, 0) is 42.5 Å². The summed E-state index contributed by atoms with van der Waals surface area (Å²) in [7, 11) is 3.18. The Morgan fingerprint density at radius 1 is 1.06 bits per heavy atom. The summed E-state index contributed by atoms with van der Waals surface area (Å²) >= 11 is 0.975. The molecule has 0 spiro atoms. The van der Waals surface area contributed by atoms with E-state index in [0.717, 1.165) is 48.5 Å². The fraction of sp³-hybridized carbons (Fsp3) is 0.407. The van der Waals surface area contributed by atoms with Gasteiger partial charge in [0.15, 0.2) is 17.2 Å². The van der Waals surface area contributed by atoms with E-state index in [1.165, 1.54) is 12.6 Å². The minimum Gasteiger partial charge on any atom is -0.493 e. The standard InChI is InChI=1S/C27H32N4O4S/c1-34-23-14-13-19(17-24(23)35-2)15-16-31(27(33)22-18-28-36-30-22)25(20-9-5-3-6-10-20)26(32)29-21-11-7-4-8-12-21/h3,5-6,9-10,13-14,17-18,21,25H,4,7-8,11-12,15-16H2,1-2H3,(H,29,32). The lowest BCUT2D eigenvalue weighted by Gasteiger charge is -2.33. The van der Waals surface area contributed by atoms with Crippen molar-refractivity contribution in [3.8, 4) is 11.5 Å². The molecule has 0 saturated heterocycles. The van der Waals surface area contributed by atoms with Crippen LogP contribution in [0.25, 0.3) is 0 Å². The van der Waals surface area contributed by atoms with E-state index in [0.29, 0.717) is 24.5 Å². The van der Waals surface area contributed by atoms with Crippen LogP contribution in [0.4, 0.5) is 0 Å². The van der Waals surface area contributed by atoms with Gasteiger partial charge in [0.05, 0.1) is 32.1 Å². The highest BCUT2D eigenvalue weighted by atomic mass is 32.1. The molecule has 1 N–H and O–H groups in total. The number of ether oxygens (including phenoxy) is 2. The molecule has 0 aliphatic heterocycles. The zero-order chi connectivity index (χ0) is 25.3. The number of nitrogens with zero attached hydrogens (tertiary/aromatic N) is 3. The molecular weight excluding hydrogens is 476 g/mol. The van der Waals surface area contributed by atoms with Crippen LogP contribution >= 0.6 is 11.7 Å². The molecular formula is C27H32N4O4S. The van der Waals surface area contributed by atoms with E-state index in [1.807, 2.05) is 48.5 Å². The first kappa shape index (κ1) is 25.6. The quantitative estimate of drug-likeness (QED) is 0.436. The van der Waals surface area contributed by atoms with Crippen LogP contribution < -0.4 is 14.8 Å². The summed E-state index contributed by atoms with van der Waals surface area (Å²) in [5.74, 6) is 0.761. The summed E-state index contributed by atoms with van der Waals surface area (Å²) in [5, 5.41) is 3.23. The Labute approximate surface area is 216 Å². The van der Waals surface area contributed by atoms with Crippen LogP contribution in [0.2, 0.25) is 0 Å². The average Bonchev–Trinajstić information content (AvgIpc) is 3.46. The Morgan fingerprint density at radius 3 is 2.47 bits per heavy atom. The minimum absolute atomic E-state index is 0.126. The van der Waals surface area contributed by atoms with Gasteiger partial charge >= 0.3 is 0 Å². The van der Waals surface area contributed by atoms with E-state index in [9.17, 15) is 9.59 Å². The summed E-state index contributed by atoms with van der Waals surface area (Å²) in [6.07, 6.45) is 7.30. The second-order valence-electron chi connectivity index (χ2n) is 8.89. The van der Waals surface area contributed by atoms with Crippen molar-refractivity contribution in [3.05, 3.63) is 71.5 Å². The van der Waals surface area contributed by atoms with Crippen molar-refractivity contribution < 1.29 is 19.1 Å². The second kappa shape index (κ2) is 12.5. The third-order valence-electron chi connectivity index (χ3n) is 6.56. The lowest BCUT2D eigenvalue weighted by atomic mass is 9.94. The second-order valence-corrected chi connectivity index (χ2v) is 9.44. The van der Waals surface area contributed by atoms with Gasteiger partial charge in [0.25, 0.3) is 5.91 Å². The monoisotopic (exact) mass is 508 g/mol. The van der Waals surface area contributed by atoms with Crippen molar-refractivity contribution in [2.45, 2.75) is 50.6 Å². The highest BCUT2D eigenvalue weighted by Gasteiger charge is 2.34. The van der Waals surface area contributed by atoms with Gasteiger partial charge in [0.1, 0.15) is 6.04 Å². The van der Waals surface area contributed by atoms with Crippen LogP contribution in [0.3, 0.4) is 0 Å². The molecule has 1 aliphatic carbocycles. The van der Waals surface area contributed by atoms with Crippen molar-refractivity contribution in [1.82, 2.24) is 19.0 Å². The third-order valence-corrected chi connectivity index (χ3v) is 7.04. The van der Waals surface area contributed by atoms with Crippen LogP contribution in [0, 0.1) is 0 Å².